The van der Waals surface area contributed by atoms with Crippen LogP contribution in [0, 0.1) is 0 Å². The summed E-state index contributed by atoms with van der Waals surface area (Å²) in [5.41, 5.74) is 2.23. The first-order chi connectivity index (χ1) is 14.8. The summed E-state index contributed by atoms with van der Waals surface area (Å²) in [6.45, 7) is 5.78. The average molecular weight is 442 g/mol. The van der Waals surface area contributed by atoms with Gasteiger partial charge in [0.2, 0.25) is 0 Å². The Hall–Kier alpha value is -1.82. The van der Waals surface area contributed by atoms with Crippen LogP contribution in [-0.4, -0.2) is 55.9 Å². The normalized spacial score (nSPS) is 21.3. The molecule has 31 heavy (non-hydrogen) atoms. The number of likely N-dealkylation sites (N-methyl/N-ethyl adjacent to an activating group) is 1. The lowest BCUT2D eigenvalue weighted by Gasteiger charge is -2.35. The number of nitrogens with zero attached hydrogens (tertiary/aromatic N) is 1. The molecule has 0 amide bonds. The molecule has 1 aliphatic heterocycles. The highest BCUT2D eigenvalue weighted by atomic mass is 32.2. The minimum absolute atomic E-state index is 0.0257. The smallest absolute Gasteiger partial charge is 0.137 e. The molecular weight excluding hydrogens is 404 g/mol. The second-order valence-electron chi connectivity index (χ2n) is 9.54. The number of nitrogens with one attached hydrogen (secondary N) is 1. The molecule has 2 atom stereocenters. The predicted molar refractivity (Wildman–Crippen MR) is 130 cm³/mol. The summed E-state index contributed by atoms with van der Waals surface area (Å²) in [4.78, 5) is 13.7. The van der Waals surface area contributed by atoms with Gasteiger partial charge in [-0.25, -0.2) is 0 Å². The fourth-order valence-corrected chi connectivity index (χ4v) is 5.22. The Morgan fingerprint density at radius 2 is 1.90 bits per heavy atom. The number of benzene rings is 2. The number of ketones is 1. The standard InChI is InChI=1S/C26H37N2O2S/c1-6-21(29)18-26(7-2)19-31-24-14-13-22(30-16-15-28(3,4)5)17-23(24)25(27-26)20-11-9-8-10-12-20/h8-14,17,25,27H,6-7,15-16,18-19H2,1-5H3/q+1/t25-,26-/m0/s1. The monoisotopic (exact) mass is 441 g/mol. The van der Waals surface area contributed by atoms with E-state index in [2.05, 4.69) is 75.8 Å². The van der Waals surface area contributed by atoms with Crippen LogP contribution in [0.1, 0.15) is 50.3 Å². The van der Waals surface area contributed by atoms with Crippen LogP contribution in [0.5, 0.6) is 5.75 Å². The Balaban J connectivity index is 1.95. The Morgan fingerprint density at radius 3 is 2.55 bits per heavy atom. The highest BCUT2D eigenvalue weighted by Gasteiger charge is 2.37. The fraction of sp³-hybridized carbons (Fsp3) is 0.500. The van der Waals surface area contributed by atoms with Crippen molar-refractivity contribution < 1.29 is 14.0 Å². The first-order valence-corrected chi connectivity index (χ1v) is 12.3. The summed E-state index contributed by atoms with van der Waals surface area (Å²) >= 11 is 1.86. The van der Waals surface area contributed by atoms with Gasteiger partial charge >= 0.3 is 0 Å². The van der Waals surface area contributed by atoms with Crippen molar-refractivity contribution in [1.29, 1.82) is 0 Å². The molecule has 0 spiro atoms. The average Bonchev–Trinajstić information content (AvgIpc) is 2.91. The van der Waals surface area contributed by atoms with Gasteiger partial charge in [0.15, 0.2) is 0 Å². The molecule has 2 aromatic carbocycles. The summed E-state index contributed by atoms with van der Waals surface area (Å²) in [6.07, 6.45) is 2.06. The number of hydrogen-bond donors (Lipinski definition) is 1. The van der Waals surface area contributed by atoms with Crippen LogP contribution in [0.4, 0.5) is 0 Å². The number of ether oxygens (including phenoxy) is 1. The third-order valence-corrected chi connectivity index (χ3v) is 7.40. The number of thioether (sulfide) groups is 1. The third kappa shape index (κ3) is 6.34. The van der Waals surface area contributed by atoms with E-state index in [-0.39, 0.29) is 11.6 Å². The zero-order chi connectivity index (χ0) is 22.5. The molecule has 0 aliphatic carbocycles. The Labute approximate surface area is 192 Å². The van der Waals surface area contributed by atoms with E-state index in [1.807, 2.05) is 24.8 Å². The number of rotatable bonds is 9. The van der Waals surface area contributed by atoms with E-state index in [0.717, 1.165) is 29.0 Å². The van der Waals surface area contributed by atoms with Gasteiger partial charge in [-0.2, -0.15) is 0 Å². The van der Waals surface area contributed by atoms with Crippen molar-refractivity contribution in [3.63, 3.8) is 0 Å². The number of carbonyl (C=O) groups excluding carboxylic acids is 1. The molecule has 0 unspecified atom stereocenters. The maximum absolute atomic E-state index is 12.5. The summed E-state index contributed by atoms with van der Waals surface area (Å²) in [5.74, 6) is 2.11. The highest BCUT2D eigenvalue weighted by molar-refractivity contribution is 7.99. The Kier molecular flexibility index (Phi) is 7.84. The van der Waals surface area contributed by atoms with Crippen LogP contribution in [-0.2, 0) is 4.79 Å². The van der Waals surface area contributed by atoms with Crippen LogP contribution < -0.4 is 10.1 Å². The van der Waals surface area contributed by atoms with Crippen molar-refractivity contribution >= 4 is 17.5 Å². The molecule has 5 heteroatoms. The molecule has 3 rings (SSSR count). The summed E-state index contributed by atoms with van der Waals surface area (Å²) in [6, 6.07) is 17.0. The first kappa shape index (κ1) is 23.8. The number of Topliss-reactive ketones (excluding diaryl/α,β-unsaturated/α-hetero) is 1. The van der Waals surface area contributed by atoms with Gasteiger partial charge in [-0.05, 0) is 35.7 Å². The van der Waals surface area contributed by atoms with Gasteiger partial charge < -0.3 is 9.22 Å². The van der Waals surface area contributed by atoms with E-state index in [9.17, 15) is 4.79 Å². The maximum Gasteiger partial charge on any atom is 0.137 e. The summed E-state index contributed by atoms with van der Waals surface area (Å²) < 4.78 is 7.00. The summed E-state index contributed by atoms with van der Waals surface area (Å²) in [5, 5.41) is 3.92. The Bertz CT molecular complexity index is 879. The number of quaternary nitrogens is 1. The quantitative estimate of drug-likeness (QED) is 0.551. The van der Waals surface area contributed by atoms with E-state index in [4.69, 9.17) is 4.74 Å². The number of carbonyl (C=O) groups is 1. The molecular formula is C26H37N2O2S+. The minimum atomic E-state index is -0.220. The molecule has 0 fully saturated rings. The molecule has 1 heterocycles. The van der Waals surface area contributed by atoms with Crippen molar-refractivity contribution in [3.05, 3.63) is 59.7 Å². The first-order valence-electron chi connectivity index (χ1n) is 11.3. The molecule has 168 valence electrons. The topological polar surface area (TPSA) is 38.3 Å². The van der Waals surface area contributed by atoms with E-state index in [1.165, 1.54) is 16.0 Å². The molecule has 0 bridgehead atoms. The second-order valence-corrected chi connectivity index (χ2v) is 10.6. The maximum atomic E-state index is 12.5. The molecule has 0 saturated carbocycles. The SMILES string of the molecule is CCC(=O)C[C@@]1(CC)CSc2ccc(OCC[N+](C)(C)C)cc2[C@H](c2ccccc2)N1. The lowest BCUT2D eigenvalue weighted by atomic mass is 9.87. The van der Waals surface area contributed by atoms with Crippen molar-refractivity contribution in [3.8, 4) is 5.75 Å². The van der Waals surface area contributed by atoms with Crippen molar-refractivity contribution in [2.45, 2.75) is 49.6 Å². The predicted octanol–water partition coefficient (Wildman–Crippen LogP) is 5.07. The van der Waals surface area contributed by atoms with Gasteiger partial charge in [-0.15, -0.1) is 11.8 Å². The van der Waals surface area contributed by atoms with Crippen LogP contribution >= 0.6 is 11.8 Å². The van der Waals surface area contributed by atoms with Gasteiger partial charge in [-0.1, -0.05) is 44.2 Å². The van der Waals surface area contributed by atoms with Crippen LogP contribution in [0.25, 0.3) is 0 Å². The van der Waals surface area contributed by atoms with Gasteiger partial charge in [0, 0.05) is 29.0 Å². The van der Waals surface area contributed by atoms with Gasteiger partial charge in [0.25, 0.3) is 0 Å². The molecule has 1 aliphatic rings. The van der Waals surface area contributed by atoms with Gasteiger partial charge in [0.05, 0.1) is 27.2 Å². The molecule has 1 N–H and O–H groups in total. The number of hydrogen-bond acceptors (Lipinski definition) is 4. The van der Waals surface area contributed by atoms with Crippen molar-refractivity contribution in [2.24, 2.45) is 0 Å². The van der Waals surface area contributed by atoms with E-state index >= 15 is 0 Å². The second kappa shape index (κ2) is 10.2. The highest BCUT2D eigenvalue weighted by Crippen LogP contribution is 2.41. The molecule has 2 aromatic rings. The minimum Gasteiger partial charge on any atom is -0.488 e. The number of fused-ring (bicyclic) bond motifs is 1. The van der Waals surface area contributed by atoms with Crippen molar-refractivity contribution in [1.82, 2.24) is 5.32 Å². The fourth-order valence-electron chi connectivity index (χ4n) is 3.89. The molecule has 0 saturated heterocycles. The summed E-state index contributed by atoms with van der Waals surface area (Å²) in [7, 11) is 6.52. The Morgan fingerprint density at radius 1 is 1.16 bits per heavy atom. The lowest BCUT2D eigenvalue weighted by Crippen LogP contribution is -2.49. The largest absolute Gasteiger partial charge is 0.488 e. The third-order valence-electron chi connectivity index (χ3n) is 6.02. The van der Waals surface area contributed by atoms with Crippen molar-refractivity contribution in [2.75, 3.05) is 40.0 Å². The van der Waals surface area contributed by atoms with Gasteiger partial charge in [0.1, 0.15) is 24.7 Å². The van der Waals surface area contributed by atoms with Crippen LogP contribution in [0.15, 0.2) is 53.4 Å². The molecule has 4 nitrogen and oxygen atoms in total. The van der Waals surface area contributed by atoms with E-state index in [0.29, 0.717) is 25.2 Å². The lowest BCUT2D eigenvalue weighted by molar-refractivity contribution is -0.870. The van der Waals surface area contributed by atoms with Crippen LogP contribution in [0.2, 0.25) is 0 Å². The van der Waals surface area contributed by atoms with Gasteiger partial charge in [-0.3, -0.25) is 10.1 Å². The molecule has 0 radical (unpaired) electrons. The van der Waals surface area contributed by atoms with E-state index < -0.39 is 0 Å². The molecule has 0 aromatic heterocycles. The van der Waals surface area contributed by atoms with E-state index in [1.54, 1.807) is 0 Å². The zero-order valence-corrected chi connectivity index (χ0v) is 20.4. The van der Waals surface area contributed by atoms with Crippen LogP contribution in [0.3, 0.4) is 0 Å². The zero-order valence-electron chi connectivity index (χ0n) is 19.6.